The van der Waals surface area contributed by atoms with Gasteiger partial charge in [0.1, 0.15) is 5.82 Å². The van der Waals surface area contributed by atoms with Crippen molar-refractivity contribution in [3.8, 4) is 0 Å². The van der Waals surface area contributed by atoms with Crippen LogP contribution in [0.4, 0.5) is 4.79 Å². The Labute approximate surface area is 143 Å². The molecule has 3 aliphatic rings. The van der Waals surface area contributed by atoms with Crippen molar-refractivity contribution in [1.82, 2.24) is 25.1 Å². The highest BCUT2D eigenvalue weighted by Gasteiger charge is 2.43. The van der Waals surface area contributed by atoms with Gasteiger partial charge >= 0.3 is 6.03 Å². The van der Waals surface area contributed by atoms with E-state index in [9.17, 15) is 4.79 Å². The third-order valence-corrected chi connectivity index (χ3v) is 5.63. The highest BCUT2D eigenvalue weighted by molar-refractivity contribution is 5.75. The van der Waals surface area contributed by atoms with Crippen molar-refractivity contribution < 1.29 is 4.79 Å². The molecule has 1 N–H and O–H groups in total. The lowest BCUT2D eigenvalue weighted by molar-refractivity contribution is 0.190. The van der Waals surface area contributed by atoms with Crippen molar-refractivity contribution in [2.75, 3.05) is 20.1 Å². The van der Waals surface area contributed by atoms with Crippen molar-refractivity contribution in [3.05, 3.63) is 24.3 Å². The molecule has 1 unspecified atom stereocenters. The zero-order valence-corrected chi connectivity index (χ0v) is 14.4. The number of likely N-dealkylation sites (tertiary alicyclic amines) is 1. The van der Waals surface area contributed by atoms with Gasteiger partial charge in [-0.15, -0.1) is 0 Å². The van der Waals surface area contributed by atoms with E-state index in [4.69, 9.17) is 0 Å². The molecular weight excluding hydrogens is 302 g/mol. The summed E-state index contributed by atoms with van der Waals surface area (Å²) in [6, 6.07) is 2.80. The quantitative estimate of drug-likeness (QED) is 0.866. The SMILES string of the molecule is CN(Cc1ncccn1)C1CCN(C(=O)NC(C2CC2)C2CC2)C1. The van der Waals surface area contributed by atoms with Crippen LogP contribution in [0.1, 0.15) is 37.9 Å². The smallest absolute Gasteiger partial charge is 0.317 e. The topological polar surface area (TPSA) is 61.4 Å². The molecule has 1 aromatic rings. The van der Waals surface area contributed by atoms with Crippen molar-refractivity contribution in [2.45, 2.75) is 50.7 Å². The molecule has 1 aliphatic heterocycles. The molecule has 0 aromatic carbocycles. The van der Waals surface area contributed by atoms with Crippen LogP contribution in [-0.4, -0.2) is 58.0 Å². The van der Waals surface area contributed by atoms with E-state index in [1.165, 1.54) is 25.7 Å². The van der Waals surface area contributed by atoms with Crippen LogP contribution in [0.5, 0.6) is 0 Å². The number of nitrogens with zero attached hydrogens (tertiary/aromatic N) is 4. The van der Waals surface area contributed by atoms with Crippen LogP contribution in [0.2, 0.25) is 0 Å². The molecule has 4 rings (SSSR count). The van der Waals surface area contributed by atoms with Crippen LogP contribution in [0.15, 0.2) is 18.5 Å². The molecule has 2 aliphatic carbocycles. The minimum absolute atomic E-state index is 0.144. The summed E-state index contributed by atoms with van der Waals surface area (Å²) in [4.78, 5) is 25.5. The van der Waals surface area contributed by atoms with Gasteiger partial charge < -0.3 is 10.2 Å². The number of nitrogens with one attached hydrogen (secondary N) is 1. The Hall–Kier alpha value is -1.69. The van der Waals surface area contributed by atoms with E-state index >= 15 is 0 Å². The fraction of sp³-hybridized carbons (Fsp3) is 0.722. The lowest BCUT2D eigenvalue weighted by atomic mass is 10.1. The average molecular weight is 329 g/mol. The second-order valence-electron chi connectivity index (χ2n) is 7.62. The minimum atomic E-state index is 0.144. The number of aromatic nitrogens is 2. The van der Waals surface area contributed by atoms with Crippen LogP contribution < -0.4 is 5.32 Å². The van der Waals surface area contributed by atoms with Gasteiger partial charge in [0.05, 0.1) is 6.54 Å². The van der Waals surface area contributed by atoms with Gasteiger partial charge in [-0.3, -0.25) is 4.90 Å². The standard InChI is InChI=1S/C18H27N5O/c1-22(12-16-19-8-2-9-20-16)15-7-10-23(11-15)18(24)21-17(13-3-4-13)14-5-6-14/h2,8-9,13-15,17H,3-7,10-12H2,1H3,(H,21,24). The number of hydrogen-bond donors (Lipinski definition) is 1. The summed E-state index contributed by atoms with van der Waals surface area (Å²) < 4.78 is 0. The predicted octanol–water partition coefficient (Wildman–Crippen LogP) is 1.88. The number of rotatable bonds is 6. The summed E-state index contributed by atoms with van der Waals surface area (Å²) in [7, 11) is 2.10. The number of urea groups is 1. The maximum atomic E-state index is 12.6. The van der Waals surface area contributed by atoms with E-state index in [0.29, 0.717) is 12.1 Å². The van der Waals surface area contributed by atoms with Crippen LogP contribution in [0.3, 0.4) is 0 Å². The zero-order valence-electron chi connectivity index (χ0n) is 14.4. The third-order valence-electron chi connectivity index (χ3n) is 5.63. The number of carbonyl (C=O) groups excluding carboxylic acids is 1. The maximum Gasteiger partial charge on any atom is 0.317 e. The first-order valence-electron chi connectivity index (χ1n) is 9.22. The van der Waals surface area contributed by atoms with E-state index in [-0.39, 0.29) is 6.03 Å². The normalized spacial score (nSPS) is 24.0. The van der Waals surface area contributed by atoms with E-state index in [1.807, 2.05) is 11.0 Å². The third kappa shape index (κ3) is 3.69. The van der Waals surface area contributed by atoms with E-state index in [0.717, 1.165) is 43.7 Å². The zero-order chi connectivity index (χ0) is 16.5. The Bertz CT molecular complexity index is 560. The summed E-state index contributed by atoms with van der Waals surface area (Å²) >= 11 is 0. The Morgan fingerprint density at radius 1 is 1.25 bits per heavy atom. The molecule has 3 fully saturated rings. The van der Waals surface area contributed by atoms with Crippen LogP contribution in [0, 0.1) is 11.8 Å². The Morgan fingerprint density at radius 2 is 1.92 bits per heavy atom. The predicted molar refractivity (Wildman–Crippen MR) is 91.2 cm³/mol. The molecule has 0 radical (unpaired) electrons. The molecule has 1 atom stereocenters. The first-order valence-corrected chi connectivity index (χ1v) is 9.22. The molecule has 130 valence electrons. The number of carbonyl (C=O) groups is 1. The van der Waals surface area contributed by atoms with Crippen molar-refractivity contribution >= 4 is 6.03 Å². The fourth-order valence-electron chi connectivity index (χ4n) is 3.81. The molecule has 0 bridgehead atoms. The lowest BCUT2D eigenvalue weighted by Crippen LogP contribution is -2.46. The molecular formula is C18H27N5O. The van der Waals surface area contributed by atoms with E-state index in [2.05, 4.69) is 27.2 Å². The molecule has 1 saturated heterocycles. The van der Waals surface area contributed by atoms with Crippen LogP contribution in [-0.2, 0) is 6.54 Å². The molecule has 0 spiro atoms. The summed E-state index contributed by atoms with van der Waals surface area (Å²) in [6.45, 7) is 2.38. The molecule has 6 heteroatoms. The summed E-state index contributed by atoms with van der Waals surface area (Å²) in [5, 5.41) is 3.34. The summed E-state index contributed by atoms with van der Waals surface area (Å²) in [6.07, 6.45) is 9.76. The van der Waals surface area contributed by atoms with Gasteiger partial charge in [-0.1, -0.05) is 0 Å². The van der Waals surface area contributed by atoms with Gasteiger partial charge in [0.2, 0.25) is 0 Å². The molecule has 2 heterocycles. The molecule has 24 heavy (non-hydrogen) atoms. The van der Waals surface area contributed by atoms with E-state index < -0.39 is 0 Å². The van der Waals surface area contributed by atoms with Gasteiger partial charge in [-0.05, 0) is 57.1 Å². The van der Waals surface area contributed by atoms with Crippen LogP contribution >= 0.6 is 0 Å². The van der Waals surface area contributed by atoms with Crippen molar-refractivity contribution in [1.29, 1.82) is 0 Å². The largest absolute Gasteiger partial charge is 0.335 e. The molecule has 2 saturated carbocycles. The number of amides is 2. The second-order valence-corrected chi connectivity index (χ2v) is 7.62. The Kier molecular flexibility index (Phi) is 4.39. The van der Waals surface area contributed by atoms with Crippen molar-refractivity contribution in [2.24, 2.45) is 11.8 Å². The monoisotopic (exact) mass is 329 g/mol. The molecule has 2 amide bonds. The second kappa shape index (κ2) is 6.67. The first-order chi connectivity index (χ1) is 11.7. The summed E-state index contributed by atoms with van der Waals surface area (Å²) in [5.41, 5.74) is 0. The summed E-state index contributed by atoms with van der Waals surface area (Å²) in [5.74, 6) is 2.33. The molecule has 1 aromatic heterocycles. The number of hydrogen-bond acceptors (Lipinski definition) is 4. The lowest BCUT2D eigenvalue weighted by Gasteiger charge is -2.25. The van der Waals surface area contributed by atoms with Crippen LogP contribution in [0.25, 0.3) is 0 Å². The van der Waals surface area contributed by atoms with Gasteiger partial charge in [0, 0.05) is 37.6 Å². The highest BCUT2D eigenvalue weighted by atomic mass is 16.2. The Balaban J connectivity index is 1.28. The fourth-order valence-corrected chi connectivity index (χ4v) is 3.81. The average Bonchev–Trinajstić information content (AvgIpc) is 3.52. The first kappa shape index (κ1) is 15.8. The molecule has 6 nitrogen and oxygen atoms in total. The van der Waals surface area contributed by atoms with Gasteiger partial charge in [0.25, 0.3) is 0 Å². The number of likely N-dealkylation sites (N-methyl/N-ethyl adjacent to an activating group) is 1. The van der Waals surface area contributed by atoms with Crippen molar-refractivity contribution in [3.63, 3.8) is 0 Å². The van der Waals surface area contributed by atoms with Gasteiger partial charge in [0.15, 0.2) is 0 Å². The highest BCUT2D eigenvalue weighted by Crippen LogP contribution is 2.44. The maximum absolute atomic E-state index is 12.6. The Morgan fingerprint density at radius 3 is 2.54 bits per heavy atom. The van der Waals surface area contributed by atoms with Gasteiger partial charge in [-0.25, -0.2) is 14.8 Å². The van der Waals surface area contributed by atoms with E-state index in [1.54, 1.807) is 12.4 Å². The minimum Gasteiger partial charge on any atom is -0.335 e. The van der Waals surface area contributed by atoms with Gasteiger partial charge in [-0.2, -0.15) is 0 Å².